The average Bonchev–Trinajstić information content (AvgIpc) is 2.53. The van der Waals surface area contributed by atoms with E-state index in [9.17, 15) is 0 Å². The number of nitrogens with two attached hydrogens (primary N) is 1. The van der Waals surface area contributed by atoms with Gasteiger partial charge in [-0.25, -0.2) is 9.97 Å². The van der Waals surface area contributed by atoms with Crippen molar-refractivity contribution >= 4 is 5.95 Å². The predicted molar refractivity (Wildman–Crippen MR) is 79.8 cm³/mol. The molecule has 0 bridgehead atoms. The molecule has 1 aromatic heterocycles. The van der Waals surface area contributed by atoms with Crippen LogP contribution in [0.1, 0.15) is 13.3 Å². The molecule has 2 heterocycles. The summed E-state index contributed by atoms with van der Waals surface area (Å²) in [5.74, 6) is 0.818. The molecular weight excluding hydrogens is 254 g/mol. The van der Waals surface area contributed by atoms with Gasteiger partial charge in [-0.2, -0.15) is 0 Å². The lowest BCUT2D eigenvalue weighted by Crippen LogP contribution is -2.59. The molecule has 1 aliphatic heterocycles. The molecule has 1 atom stereocenters. The Kier molecular flexibility index (Phi) is 5.28. The van der Waals surface area contributed by atoms with E-state index >= 15 is 0 Å². The second-order valence-electron chi connectivity index (χ2n) is 5.47. The second-order valence-corrected chi connectivity index (χ2v) is 5.47. The standard InChI is InChI=1S/C14H25N5O/c1-14(12-15,4-11-20-2)19-9-7-18(8-10-19)13-16-5-3-6-17-13/h3,5-6H,4,7-12,15H2,1-2H3. The number of nitrogens with zero attached hydrogens (tertiary/aromatic N) is 4. The van der Waals surface area contributed by atoms with Crippen LogP contribution in [0.2, 0.25) is 0 Å². The Bertz CT molecular complexity index is 394. The molecule has 1 aliphatic rings. The molecule has 6 heteroatoms. The van der Waals surface area contributed by atoms with Crippen LogP contribution in [0.3, 0.4) is 0 Å². The minimum absolute atomic E-state index is 0.0135. The zero-order valence-corrected chi connectivity index (χ0v) is 12.5. The summed E-state index contributed by atoms with van der Waals surface area (Å²) >= 11 is 0. The van der Waals surface area contributed by atoms with E-state index in [0.717, 1.165) is 45.2 Å². The Labute approximate surface area is 120 Å². The van der Waals surface area contributed by atoms with Crippen molar-refractivity contribution in [3.05, 3.63) is 18.5 Å². The van der Waals surface area contributed by atoms with E-state index in [1.807, 2.05) is 6.07 Å². The zero-order chi connectivity index (χ0) is 14.4. The van der Waals surface area contributed by atoms with Gasteiger partial charge in [0, 0.05) is 64.4 Å². The molecule has 0 amide bonds. The Hall–Kier alpha value is -1.24. The van der Waals surface area contributed by atoms with Gasteiger partial charge in [0.2, 0.25) is 5.95 Å². The second kappa shape index (κ2) is 6.97. The lowest BCUT2D eigenvalue weighted by atomic mass is 9.95. The van der Waals surface area contributed by atoms with Crippen LogP contribution in [-0.2, 0) is 4.74 Å². The van der Waals surface area contributed by atoms with Crippen molar-refractivity contribution in [2.75, 3.05) is 51.3 Å². The number of anilines is 1. The number of hydrogen-bond donors (Lipinski definition) is 1. The molecule has 20 heavy (non-hydrogen) atoms. The SMILES string of the molecule is COCCC(C)(CN)N1CCN(c2ncccn2)CC1. The van der Waals surface area contributed by atoms with Crippen LogP contribution in [0.4, 0.5) is 5.95 Å². The lowest BCUT2D eigenvalue weighted by molar-refractivity contribution is 0.0636. The largest absolute Gasteiger partial charge is 0.385 e. The molecule has 0 aliphatic carbocycles. The fraction of sp³-hybridized carbons (Fsp3) is 0.714. The van der Waals surface area contributed by atoms with Crippen molar-refractivity contribution in [3.63, 3.8) is 0 Å². The molecule has 1 saturated heterocycles. The molecule has 6 nitrogen and oxygen atoms in total. The molecule has 0 radical (unpaired) electrons. The van der Waals surface area contributed by atoms with Gasteiger partial charge in [-0.05, 0) is 19.4 Å². The monoisotopic (exact) mass is 279 g/mol. The van der Waals surface area contributed by atoms with Crippen LogP contribution >= 0.6 is 0 Å². The molecule has 1 fully saturated rings. The first-order chi connectivity index (χ1) is 9.69. The fourth-order valence-corrected chi connectivity index (χ4v) is 2.61. The zero-order valence-electron chi connectivity index (χ0n) is 12.5. The summed E-state index contributed by atoms with van der Waals surface area (Å²) in [5, 5.41) is 0. The molecule has 2 N–H and O–H groups in total. The summed E-state index contributed by atoms with van der Waals surface area (Å²) in [5.41, 5.74) is 6.00. The van der Waals surface area contributed by atoms with Gasteiger partial charge in [-0.1, -0.05) is 0 Å². The smallest absolute Gasteiger partial charge is 0.225 e. The Morgan fingerprint density at radius 1 is 1.25 bits per heavy atom. The highest BCUT2D eigenvalue weighted by molar-refractivity contribution is 5.29. The first-order valence-electron chi connectivity index (χ1n) is 7.15. The third-order valence-electron chi connectivity index (χ3n) is 4.16. The molecular formula is C14H25N5O. The van der Waals surface area contributed by atoms with E-state index in [1.54, 1.807) is 19.5 Å². The molecule has 1 unspecified atom stereocenters. The van der Waals surface area contributed by atoms with Crippen LogP contribution in [0, 0.1) is 0 Å². The molecule has 0 spiro atoms. The van der Waals surface area contributed by atoms with Crippen LogP contribution in [0.5, 0.6) is 0 Å². The maximum Gasteiger partial charge on any atom is 0.225 e. The highest BCUT2D eigenvalue weighted by Gasteiger charge is 2.33. The molecule has 112 valence electrons. The quantitative estimate of drug-likeness (QED) is 0.810. The number of piperazine rings is 1. The Morgan fingerprint density at radius 3 is 2.45 bits per heavy atom. The van der Waals surface area contributed by atoms with Gasteiger partial charge in [0.15, 0.2) is 0 Å². The molecule has 0 aromatic carbocycles. The molecule has 1 aromatic rings. The van der Waals surface area contributed by atoms with E-state index in [1.165, 1.54) is 0 Å². The van der Waals surface area contributed by atoms with Crippen molar-refractivity contribution in [1.29, 1.82) is 0 Å². The van der Waals surface area contributed by atoms with E-state index in [4.69, 9.17) is 10.5 Å². The number of ether oxygens (including phenoxy) is 1. The third-order valence-corrected chi connectivity index (χ3v) is 4.16. The summed E-state index contributed by atoms with van der Waals surface area (Å²) in [6.45, 7) is 7.46. The van der Waals surface area contributed by atoms with Gasteiger partial charge >= 0.3 is 0 Å². The van der Waals surface area contributed by atoms with Crippen molar-refractivity contribution in [3.8, 4) is 0 Å². The van der Waals surface area contributed by atoms with Gasteiger partial charge in [-0.3, -0.25) is 4.90 Å². The highest BCUT2D eigenvalue weighted by atomic mass is 16.5. The van der Waals surface area contributed by atoms with E-state index in [2.05, 4.69) is 26.7 Å². The maximum absolute atomic E-state index is 5.99. The normalized spacial score (nSPS) is 19.9. The molecule has 2 rings (SSSR count). The summed E-state index contributed by atoms with van der Waals surface area (Å²) < 4.78 is 5.21. The van der Waals surface area contributed by atoms with Gasteiger partial charge < -0.3 is 15.4 Å². The summed E-state index contributed by atoms with van der Waals surface area (Å²) in [6, 6.07) is 1.84. The molecule has 0 saturated carbocycles. The van der Waals surface area contributed by atoms with E-state index in [-0.39, 0.29) is 5.54 Å². The summed E-state index contributed by atoms with van der Waals surface area (Å²) in [4.78, 5) is 13.3. The third kappa shape index (κ3) is 3.45. The predicted octanol–water partition coefficient (Wildman–Crippen LogP) is 0.353. The topological polar surface area (TPSA) is 67.5 Å². The van der Waals surface area contributed by atoms with E-state index in [0.29, 0.717) is 6.54 Å². The van der Waals surface area contributed by atoms with Gasteiger partial charge in [0.25, 0.3) is 0 Å². The maximum atomic E-state index is 5.99. The van der Waals surface area contributed by atoms with Crippen molar-refractivity contribution in [2.24, 2.45) is 5.73 Å². The van der Waals surface area contributed by atoms with Crippen LogP contribution in [0.25, 0.3) is 0 Å². The van der Waals surface area contributed by atoms with Crippen LogP contribution in [0.15, 0.2) is 18.5 Å². The van der Waals surface area contributed by atoms with Crippen molar-refractivity contribution < 1.29 is 4.74 Å². The lowest BCUT2D eigenvalue weighted by Gasteiger charge is -2.45. The minimum atomic E-state index is 0.0135. The first-order valence-corrected chi connectivity index (χ1v) is 7.15. The number of hydrogen-bond acceptors (Lipinski definition) is 6. The number of rotatable bonds is 6. The Morgan fingerprint density at radius 2 is 1.90 bits per heavy atom. The van der Waals surface area contributed by atoms with Crippen LogP contribution < -0.4 is 10.6 Å². The highest BCUT2D eigenvalue weighted by Crippen LogP contribution is 2.21. The summed E-state index contributed by atoms with van der Waals surface area (Å²) in [6.07, 6.45) is 4.54. The number of aromatic nitrogens is 2. The van der Waals surface area contributed by atoms with Crippen molar-refractivity contribution in [2.45, 2.75) is 18.9 Å². The number of methoxy groups -OCH3 is 1. The Balaban J connectivity index is 1.93. The van der Waals surface area contributed by atoms with Crippen LogP contribution in [-0.4, -0.2) is 66.8 Å². The van der Waals surface area contributed by atoms with Gasteiger partial charge in [0.1, 0.15) is 0 Å². The average molecular weight is 279 g/mol. The van der Waals surface area contributed by atoms with Gasteiger partial charge in [-0.15, -0.1) is 0 Å². The van der Waals surface area contributed by atoms with E-state index < -0.39 is 0 Å². The summed E-state index contributed by atoms with van der Waals surface area (Å²) in [7, 11) is 1.74. The van der Waals surface area contributed by atoms with Crippen molar-refractivity contribution in [1.82, 2.24) is 14.9 Å². The first kappa shape index (κ1) is 15.2. The van der Waals surface area contributed by atoms with Gasteiger partial charge in [0.05, 0.1) is 0 Å². The minimum Gasteiger partial charge on any atom is -0.385 e. The fourth-order valence-electron chi connectivity index (χ4n) is 2.61.